The Labute approximate surface area is 128 Å². The van der Waals surface area contributed by atoms with Crippen LogP contribution >= 0.6 is 11.8 Å². The fourth-order valence-electron chi connectivity index (χ4n) is 2.17. The van der Waals surface area contributed by atoms with Gasteiger partial charge in [-0.25, -0.2) is 4.39 Å². The molecular formula is C16H18FNO2S. The summed E-state index contributed by atoms with van der Waals surface area (Å²) in [5.41, 5.74) is 0.664. The third-order valence-corrected chi connectivity index (χ3v) is 4.48. The van der Waals surface area contributed by atoms with E-state index in [1.165, 1.54) is 12.1 Å². The number of hydrogen-bond donors (Lipinski definition) is 1. The molecule has 0 aromatic heterocycles. The van der Waals surface area contributed by atoms with Crippen molar-refractivity contribution in [3.05, 3.63) is 35.1 Å². The minimum atomic E-state index is -0.516. The molecule has 1 amide bonds. The van der Waals surface area contributed by atoms with Crippen LogP contribution in [0.15, 0.2) is 18.2 Å². The summed E-state index contributed by atoms with van der Waals surface area (Å²) in [6.45, 7) is 2.61. The van der Waals surface area contributed by atoms with Gasteiger partial charge in [-0.3, -0.25) is 4.79 Å². The zero-order valence-corrected chi connectivity index (χ0v) is 12.8. The molecule has 1 N–H and O–H groups in total. The van der Waals surface area contributed by atoms with Gasteiger partial charge in [0.1, 0.15) is 5.82 Å². The van der Waals surface area contributed by atoms with Crippen molar-refractivity contribution < 1.29 is 14.3 Å². The van der Waals surface area contributed by atoms with Gasteiger partial charge in [-0.15, -0.1) is 0 Å². The van der Waals surface area contributed by atoms with Crippen molar-refractivity contribution in [3.63, 3.8) is 0 Å². The zero-order valence-electron chi connectivity index (χ0n) is 11.9. The largest absolute Gasteiger partial charge is 0.395 e. The maximum atomic E-state index is 13.9. The molecular weight excluding hydrogens is 289 g/mol. The molecule has 1 aromatic carbocycles. The number of aliphatic hydroxyl groups is 1. The zero-order chi connectivity index (χ0) is 15.2. The molecule has 1 heterocycles. The van der Waals surface area contributed by atoms with Crippen molar-refractivity contribution in [2.75, 3.05) is 24.7 Å². The molecule has 0 aliphatic carbocycles. The van der Waals surface area contributed by atoms with Crippen LogP contribution in [0.25, 0.3) is 0 Å². The van der Waals surface area contributed by atoms with Crippen molar-refractivity contribution in [2.24, 2.45) is 0 Å². The van der Waals surface area contributed by atoms with E-state index in [4.69, 9.17) is 5.11 Å². The average Bonchev–Trinajstić information content (AvgIpc) is 2.49. The Morgan fingerprint density at radius 2 is 2.38 bits per heavy atom. The number of rotatable bonds is 2. The Morgan fingerprint density at radius 3 is 3.10 bits per heavy atom. The third-order valence-electron chi connectivity index (χ3n) is 3.29. The van der Waals surface area contributed by atoms with Crippen LogP contribution in [-0.2, 0) is 0 Å². The highest BCUT2D eigenvalue weighted by molar-refractivity contribution is 7.99. The number of thioether (sulfide) groups is 1. The SMILES string of the molecule is CC1CSCCN1C(=O)c1cc(C#CCCO)ccc1F. The first kappa shape index (κ1) is 15.9. The lowest BCUT2D eigenvalue weighted by Gasteiger charge is -2.33. The predicted molar refractivity (Wildman–Crippen MR) is 82.8 cm³/mol. The Morgan fingerprint density at radius 1 is 1.57 bits per heavy atom. The lowest BCUT2D eigenvalue weighted by molar-refractivity contribution is 0.0711. The number of amides is 1. The first-order valence-corrected chi connectivity index (χ1v) is 8.07. The topological polar surface area (TPSA) is 40.5 Å². The van der Waals surface area contributed by atoms with Crippen molar-refractivity contribution in [1.29, 1.82) is 0 Å². The van der Waals surface area contributed by atoms with E-state index in [0.29, 0.717) is 18.5 Å². The second-order valence-electron chi connectivity index (χ2n) is 4.89. The molecule has 0 saturated carbocycles. The fourth-order valence-corrected chi connectivity index (χ4v) is 3.18. The molecule has 5 heteroatoms. The lowest BCUT2D eigenvalue weighted by atomic mass is 10.1. The van der Waals surface area contributed by atoms with Crippen LogP contribution < -0.4 is 0 Å². The van der Waals surface area contributed by atoms with Crippen molar-refractivity contribution in [2.45, 2.75) is 19.4 Å². The number of carbonyl (C=O) groups is 1. The Balaban J connectivity index is 2.24. The summed E-state index contributed by atoms with van der Waals surface area (Å²) >= 11 is 1.81. The molecule has 1 aliphatic heterocycles. The van der Waals surface area contributed by atoms with Crippen LogP contribution in [0.3, 0.4) is 0 Å². The van der Waals surface area contributed by atoms with Crippen LogP contribution in [0, 0.1) is 17.7 Å². The van der Waals surface area contributed by atoms with Crippen molar-refractivity contribution in [1.82, 2.24) is 4.90 Å². The van der Waals surface area contributed by atoms with Gasteiger partial charge in [-0.1, -0.05) is 11.8 Å². The molecule has 21 heavy (non-hydrogen) atoms. The molecule has 1 aromatic rings. The second-order valence-corrected chi connectivity index (χ2v) is 6.04. The van der Waals surface area contributed by atoms with E-state index in [1.54, 1.807) is 22.7 Å². The number of aliphatic hydroxyl groups excluding tert-OH is 1. The quantitative estimate of drug-likeness (QED) is 0.851. The molecule has 1 atom stereocenters. The molecule has 3 nitrogen and oxygen atoms in total. The van der Waals surface area contributed by atoms with Gasteiger partial charge >= 0.3 is 0 Å². The molecule has 1 fully saturated rings. The highest BCUT2D eigenvalue weighted by Crippen LogP contribution is 2.20. The summed E-state index contributed by atoms with van der Waals surface area (Å²) in [5.74, 6) is 6.58. The van der Waals surface area contributed by atoms with E-state index in [1.807, 2.05) is 6.92 Å². The normalized spacial score (nSPS) is 18.0. The Bertz CT molecular complexity index is 579. The minimum Gasteiger partial charge on any atom is -0.395 e. The molecule has 0 bridgehead atoms. The Kier molecular flexibility index (Phi) is 5.66. The molecule has 1 unspecified atom stereocenters. The van der Waals surface area contributed by atoms with Gasteiger partial charge in [0.15, 0.2) is 0 Å². The monoisotopic (exact) mass is 307 g/mol. The molecule has 1 saturated heterocycles. The van der Waals surface area contributed by atoms with Crippen molar-refractivity contribution in [3.8, 4) is 11.8 Å². The maximum absolute atomic E-state index is 13.9. The average molecular weight is 307 g/mol. The van der Waals surface area contributed by atoms with Crippen molar-refractivity contribution >= 4 is 17.7 Å². The summed E-state index contributed by atoms with van der Waals surface area (Å²) in [5, 5.41) is 8.71. The fraction of sp³-hybridized carbons (Fsp3) is 0.438. The van der Waals surface area contributed by atoms with Crippen LogP contribution in [0.4, 0.5) is 4.39 Å². The van der Waals surface area contributed by atoms with E-state index in [2.05, 4.69) is 11.8 Å². The van der Waals surface area contributed by atoms with Gasteiger partial charge in [0.2, 0.25) is 0 Å². The second kappa shape index (κ2) is 7.48. The number of nitrogens with zero attached hydrogens (tertiary/aromatic N) is 1. The summed E-state index contributed by atoms with van der Waals surface area (Å²) in [7, 11) is 0. The molecule has 0 radical (unpaired) electrons. The first-order chi connectivity index (χ1) is 10.1. The molecule has 0 spiro atoms. The third kappa shape index (κ3) is 3.99. The van der Waals surface area contributed by atoms with Crippen LogP contribution in [-0.4, -0.2) is 46.6 Å². The van der Waals surface area contributed by atoms with Crippen LogP contribution in [0.1, 0.15) is 29.3 Å². The number of benzene rings is 1. The van der Waals surface area contributed by atoms with Gasteiger partial charge < -0.3 is 10.0 Å². The van der Waals surface area contributed by atoms with Gasteiger partial charge in [0.25, 0.3) is 5.91 Å². The highest BCUT2D eigenvalue weighted by atomic mass is 32.2. The lowest BCUT2D eigenvalue weighted by Crippen LogP contribution is -2.44. The van der Waals surface area contributed by atoms with Gasteiger partial charge in [-0.2, -0.15) is 11.8 Å². The molecule has 2 rings (SSSR count). The van der Waals surface area contributed by atoms with E-state index in [9.17, 15) is 9.18 Å². The van der Waals surface area contributed by atoms with Gasteiger partial charge in [0.05, 0.1) is 12.2 Å². The van der Waals surface area contributed by atoms with Gasteiger partial charge in [-0.05, 0) is 25.1 Å². The van der Waals surface area contributed by atoms with E-state index >= 15 is 0 Å². The van der Waals surface area contributed by atoms with Crippen LogP contribution in [0.2, 0.25) is 0 Å². The first-order valence-electron chi connectivity index (χ1n) is 6.91. The summed E-state index contributed by atoms with van der Waals surface area (Å²) in [6, 6.07) is 4.43. The van der Waals surface area contributed by atoms with E-state index < -0.39 is 5.82 Å². The molecule has 1 aliphatic rings. The number of hydrogen-bond acceptors (Lipinski definition) is 3. The Hall–Kier alpha value is -1.51. The summed E-state index contributed by atoms with van der Waals surface area (Å²) < 4.78 is 13.9. The van der Waals surface area contributed by atoms with Gasteiger partial charge in [0, 0.05) is 36.1 Å². The minimum absolute atomic E-state index is 0.0110. The van der Waals surface area contributed by atoms with E-state index in [-0.39, 0.29) is 24.1 Å². The standard InChI is InChI=1S/C16H18FNO2S/c1-12-11-21-9-7-18(12)16(20)14-10-13(4-2-3-8-19)5-6-15(14)17/h5-6,10,12,19H,3,7-9,11H2,1H3. The smallest absolute Gasteiger partial charge is 0.257 e. The van der Waals surface area contributed by atoms with Crippen LogP contribution in [0.5, 0.6) is 0 Å². The number of halogens is 1. The maximum Gasteiger partial charge on any atom is 0.257 e. The number of carbonyl (C=O) groups excluding carboxylic acids is 1. The van der Waals surface area contributed by atoms with E-state index in [0.717, 1.165) is 11.5 Å². The summed E-state index contributed by atoms with van der Waals surface area (Å²) in [4.78, 5) is 14.2. The predicted octanol–water partition coefficient (Wildman–Crippen LogP) is 2.14. The molecule has 112 valence electrons. The summed E-state index contributed by atoms with van der Waals surface area (Å²) in [6.07, 6.45) is 0.362. The highest BCUT2D eigenvalue weighted by Gasteiger charge is 2.26.